The minimum atomic E-state index is -0.641. The standard InChI is InChI=1S/C17H26N4O5/c1-17(2,3)26-16(23)18-13-10-12(14(20-19-13)15(22)24-5)21(4)11-6-8-25-9-7-11/h10-11H,6-9H2,1-5H3,(H,18,19,23). The molecule has 1 aromatic rings. The van der Waals surface area contributed by atoms with Gasteiger partial charge in [-0.1, -0.05) is 0 Å². The number of hydrogen-bond donors (Lipinski definition) is 1. The number of carbonyl (C=O) groups is 2. The molecule has 1 aliphatic heterocycles. The molecule has 0 bridgehead atoms. The second-order valence-electron chi connectivity index (χ2n) is 7.04. The summed E-state index contributed by atoms with van der Waals surface area (Å²) in [5, 5.41) is 10.4. The molecule has 0 aromatic carbocycles. The predicted octanol–water partition coefficient (Wildman–Crippen LogP) is 2.23. The average Bonchev–Trinajstić information content (AvgIpc) is 2.59. The van der Waals surface area contributed by atoms with E-state index in [1.807, 2.05) is 11.9 Å². The van der Waals surface area contributed by atoms with E-state index in [2.05, 4.69) is 15.5 Å². The molecule has 1 saturated heterocycles. The van der Waals surface area contributed by atoms with Crippen molar-refractivity contribution in [1.29, 1.82) is 0 Å². The van der Waals surface area contributed by atoms with Crippen molar-refractivity contribution in [2.75, 3.05) is 37.6 Å². The molecule has 9 heteroatoms. The van der Waals surface area contributed by atoms with Crippen LogP contribution in [0.3, 0.4) is 0 Å². The first-order valence-electron chi connectivity index (χ1n) is 8.48. The fraction of sp³-hybridized carbons (Fsp3) is 0.647. The zero-order valence-electron chi connectivity index (χ0n) is 15.9. The summed E-state index contributed by atoms with van der Waals surface area (Å²) in [6.45, 7) is 6.61. The second kappa shape index (κ2) is 8.31. The van der Waals surface area contributed by atoms with Crippen LogP contribution in [0.25, 0.3) is 0 Å². The Morgan fingerprint density at radius 1 is 1.27 bits per heavy atom. The third-order valence-electron chi connectivity index (χ3n) is 3.90. The summed E-state index contributed by atoms with van der Waals surface area (Å²) in [5.74, 6) is -0.393. The SMILES string of the molecule is COC(=O)c1nnc(NC(=O)OC(C)(C)C)cc1N(C)C1CCOCC1. The molecule has 1 aromatic heterocycles. The molecular weight excluding hydrogens is 340 g/mol. The van der Waals surface area contributed by atoms with E-state index in [-0.39, 0.29) is 17.6 Å². The molecular formula is C17H26N4O5. The summed E-state index contributed by atoms with van der Waals surface area (Å²) < 4.78 is 15.4. The first-order chi connectivity index (χ1) is 12.2. The number of methoxy groups -OCH3 is 1. The van der Waals surface area contributed by atoms with E-state index in [1.54, 1.807) is 26.8 Å². The highest BCUT2D eigenvalue weighted by molar-refractivity contribution is 5.94. The largest absolute Gasteiger partial charge is 0.464 e. The summed E-state index contributed by atoms with van der Waals surface area (Å²) in [6.07, 6.45) is 1.01. The van der Waals surface area contributed by atoms with Crippen LogP contribution in [0.1, 0.15) is 44.1 Å². The molecule has 2 heterocycles. The Kier molecular flexibility index (Phi) is 6.36. The molecule has 0 saturated carbocycles. The van der Waals surface area contributed by atoms with Crippen molar-refractivity contribution in [3.63, 3.8) is 0 Å². The number of esters is 1. The lowest BCUT2D eigenvalue weighted by molar-refractivity contribution is 0.0591. The highest BCUT2D eigenvalue weighted by Crippen LogP contribution is 2.26. The van der Waals surface area contributed by atoms with Crippen molar-refractivity contribution >= 4 is 23.6 Å². The zero-order chi connectivity index (χ0) is 19.3. The molecule has 1 aliphatic rings. The van der Waals surface area contributed by atoms with Crippen LogP contribution in [0.15, 0.2) is 6.07 Å². The molecule has 0 radical (unpaired) electrons. The lowest BCUT2D eigenvalue weighted by atomic mass is 10.1. The maximum Gasteiger partial charge on any atom is 0.413 e. The molecule has 1 amide bonds. The second-order valence-corrected chi connectivity index (χ2v) is 7.04. The smallest absolute Gasteiger partial charge is 0.413 e. The van der Waals surface area contributed by atoms with Crippen molar-refractivity contribution in [3.8, 4) is 0 Å². The van der Waals surface area contributed by atoms with Gasteiger partial charge in [0.25, 0.3) is 0 Å². The molecule has 1 N–H and O–H groups in total. The lowest BCUT2D eigenvalue weighted by Crippen LogP contribution is -2.38. The quantitative estimate of drug-likeness (QED) is 0.809. The van der Waals surface area contributed by atoms with Crippen LogP contribution in [-0.4, -0.2) is 61.3 Å². The highest BCUT2D eigenvalue weighted by Gasteiger charge is 2.26. The van der Waals surface area contributed by atoms with Gasteiger partial charge in [0, 0.05) is 32.4 Å². The Bertz CT molecular complexity index is 653. The number of amides is 1. The minimum Gasteiger partial charge on any atom is -0.464 e. The van der Waals surface area contributed by atoms with Gasteiger partial charge in [0.15, 0.2) is 11.5 Å². The Morgan fingerprint density at radius 2 is 1.92 bits per heavy atom. The number of carbonyl (C=O) groups excluding carboxylic acids is 2. The molecule has 0 unspecified atom stereocenters. The van der Waals surface area contributed by atoms with Gasteiger partial charge < -0.3 is 19.1 Å². The summed E-state index contributed by atoms with van der Waals surface area (Å²) in [5.41, 5.74) is -0.00778. The van der Waals surface area contributed by atoms with Gasteiger partial charge in [0.1, 0.15) is 5.60 Å². The molecule has 2 rings (SSSR count). The van der Waals surface area contributed by atoms with E-state index in [9.17, 15) is 9.59 Å². The van der Waals surface area contributed by atoms with Gasteiger partial charge >= 0.3 is 12.1 Å². The van der Waals surface area contributed by atoms with Crippen molar-refractivity contribution in [2.45, 2.75) is 45.3 Å². The van der Waals surface area contributed by atoms with Crippen LogP contribution in [0.2, 0.25) is 0 Å². The Balaban J connectivity index is 2.27. The molecule has 0 aliphatic carbocycles. The van der Waals surface area contributed by atoms with Crippen molar-refractivity contribution in [3.05, 3.63) is 11.8 Å². The van der Waals surface area contributed by atoms with Gasteiger partial charge in [0.2, 0.25) is 0 Å². The van der Waals surface area contributed by atoms with E-state index < -0.39 is 17.7 Å². The molecule has 144 valence electrons. The van der Waals surface area contributed by atoms with Crippen LogP contribution in [0, 0.1) is 0 Å². The molecule has 1 fully saturated rings. The molecule has 0 spiro atoms. The number of ether oxygens (including phenoxy) is 3. The van der Waals surface area contributed by atoms with E-state index in [1.165, 1.54) is 7.11 Å². The van der Waals surface area contributed by atoms with Crippen molar-refractivity contribution < 1.29 is 23.8 Å². The number of anilines is 2. The Hall–Kier alpha value is -2.42. The van der Waals surface area contributed by atoms with E-state index in [4.69, 9.17) is 14.2 Å². The molecule has 26 heavy (non-hydrogen) atoms. The van der Waals surface area contributed by atoms with E-state index in [0.717, 1.165) is 12.8 Å². The third kappa shape index (κ3) is 5.29. The number of nitrogens with zero attached hydrogens (tertiary/aromatic N) is 3. The first kappa shape index (κ1) is 19.9. The zero-order valence-corrected chi connectivity index (χ0v) is 15.9. The average molecular weight is 366 g/mol. The topological polar surface area (TPSA) is 103 Å². The van der Waals surface area contributed by atoms with Crippen LogP contribution in [0.4, 0.5) is 16.3 Å². The van der Waals surface area contributed by atoms with Crippen molar-refractivity contribution in [2.24, 2.45) is 0 Å². The normalized spacial score (nSPS) is 15.3. The highest BCUT2D eigenvalue weighted by atomic mass is 16.6. The van der Waals surface area contributed by atoms with Gasteiger partial charge in [-0.2, -0.15) is 0 Å². The van der Waals surface area contributed by atoms with Gasteiger partial charge in [0.05, 0.1) is 12.8 Å². The van der Waals surface area contributed by atoms with Gasteiger partial charge in [-0.15, -0.1) is 10.2 Å². The number of hydrogen-bond acceptors (Lipinski definition) is 8. The maximum atomic E-state index is 12.1. The fourth-order valence-corrected chi connectivity index (χ4v) is 2.63. The van der Waals surface area contributed by atoms with Crippen molar-refractivity contribution in [1.82, 2.24) is 10.2 Å². The van der Waals surface area contributed by atoms with E-state index in [0.29, 0.717) is 18.9 Å². The number of rotatable bonds is 4. The summed E-state index contributed by atoms with van der Waals surface area (Å²) in [7, 11) is 3.16. The summed E-state index contributed by atoms with van der Waals surface area (Å²) in [4.78, 5) is 26.0. The maximum absolute atomic E-state index is 12.1. The number of nitrogens with one attached hydrogen (secondary N) is 1. The fourth-order valence-electron chi connectivity index (χ4n) is 2.63. The van der Waals surface area contributed by atoms with Gasteiger partial charge in [-0.05, 0) is 33.6 Å². The van der Waals surface area contributed by atoms with Crippen LogP contribution in [0.5, 0.6) is 0 Å². The summed E-state index contributed by atoms with van der Waals surface area (Å²) >= 11 is 0. The summed E-state index contributed by atoms with van der Waals surface area (Å²) in [6, 6.07) is 1.78. The Morgan fingerprint density at radius 3 is 2.50 bits per heavy atom. The molecule has 9 nitrogen and oxygen atoms in total. The lowest BCUT2D eigenvalue weighted by Gasteiger charge is -2.33. The Labute approximate surface area is 153 Å². The minimum absolute atomic E-state index is 0.0937. The van der Waals surface area contributed by atoms with E-state index >= 15 is 0 Å². The van der Waals surface area contributed by atoms with Crippen LogP contribution >= 0.6 is 0 Å². The van der Waals surface area contributed by atoms with Gasteiger partial charge in [-0.3, -0.25) is 5.32 Å². The third-order valence-corrected chi connectivity index (χ3v) is 3.90. The van der Waals surface area contributed by atoms with Gasteiger partial charge in [-0.25, -0.2) is 9.59 Å². The van der Waals surface area contributed by atoms with Crippen LogP contribution in [-0.2, 0) is 14.2 Å². The predicted molar refractivity (Wildman–Crippen MR) is 95.5 cm³/mol. The number of aromatic nitrogens is 2. The first-order valence-corrected chi connectivity index (χ1v) is 8.48. The monoisotopic (exact) mass is 366 g/mol. The molecule has 0 atom stereocenters. The van der Waals surface area contributed by atoms with Crippen LogP contribution < -0.4 is 10.2 Å².